The molecule has 0 saturated heterocycles. The van der Waals surface area contributed by atoms with Gasteiger partial charge in [0.1, 0.15) is 0 Å². The summed E-state index contributed by atoms with van der Waals surface area (Å²) < 4.78 is 39.6. The van der Waals surface area contributed by atoms with Crippen LogP contribution >= 0.6 is 11.8 Å². The molecule has 0 amide bonds. The number of aromatic amines is 1. The maximum atomic E-state index is 13.2. The first-order chi connectivity index (χ1) is 19.3. The van der Waals surface area contributed by atoms with E-state index in [0.29, 0.717) is 47.8 Å². The number of aliphatic imine (C=N–C) groups is 1. The summed E-state index contributed by atoms with van der Waals surface area (Å²) in [5.74, 6) is 1.03. The molecule has 2 aromatic carbocycles. The molecule has 0 fully saturated rings. The average molecular weight is 565 g/mol. The highest BCUT2D eigenvalue weighted by Gasteiger charge is 2.38. The monoisotopic (exact) mass is 564 g/mol. The van der Waals surface area contributed by atoms with Crippen molar-refractivity contribution in [1.82, 2.24) is 14.9 Å². The molecule has 1 aliphatic carbocycles. The molecule has 2 unspecified atom stereocenters. The van der Waals surface area contributed by atoms with Crippen molar-refractivity contribution < 1.29 is 18.3 Å². The van der Waals surface area contributed by atoms with Crippen molar-refractivity contribution in [1.29, 1.82) is 5.26 Å². The Morgan fingerprint density at radius 2 is 2.02 bits per heavy atom. The largest absolute Gasteiger partial charge is 0.416 e. The molecule has 0 spiro atoms. The molecule has 0 bridgehead atoms. The van der Waals surface area contributed by atoms with Gasteiger partial charge in [-0.1, -0.05) is 42.1 Å². The van der Waals surface area contributed by atoms with Crippen molar-refractivity contribution in [3.05, 3.63) is 82.6 Å². The van der Waals surface area contributed by atoms with E-state index in [1.165, 1.54) is 17.8 Å². The number of nitrogens with zero attached hydrogens (tertiary/aromatic N) is 5. The summed E-state index contributed by atoms with van der Waals surface area (Å²) in [5, 5.41) is 22.0. The molecule has 11 heteroatoms. The predicted octanol–water partition coefficient (Wildman–Crippen LogP) is 5.95. The number of hydrogen-bond donors (Lipinski definition) is 2. The molecular weight excluding hydrogens is 537 g/mol. The maximum Gasteiger partial charge on any atom is 0.416 e. The number of rotatable bonds is 4. The lowest BCUT2D eigenvalue weighted by molar-refractivity contribution is -0.137. The van der Waals surface area contributed by atoms with Gasteiger partial charge in [-0.2, -0.15) is 18.4 Å². The second-order valence-electron chi connectivity index (χ2n) is 10.1. The fraction of sp³-hybridized carbons (Fsp3) is 0.345. The van der Waals surface area contributed by atoms with E-state index in [0.717, 1.165) is 53.4 Å². The van der Waals surface area contributed by atoms with Gasteiger partial charge in [0.15, 0.2) is 11.4 Å². The van der Waals surface area contributed by atoms with Gasteiger partial charge in [-0.15, -0.1) is 0 Å². The first-order valence-corrected chi connectivity index (χ1v) is 14.1. The SMILES string of the molecule is N#Cc1ccccc1CSC1=NC2=C(CN(c3nc4ccc(C(F)(F)F)cc4[nH]3)CC2)C(O)N1C1CC=CCC1. The number of H-pyrrole nitrogens is 1. The van der Waals surface area contributed by atoms with E-state index in [4.69, 9.17) is 4.99 Å². The number of nitrogens with one attached hydrogen (secondary N) is 1. The van der Waals surface area contributed by atoms with E-state index in [1.807, 2.05) is 28.0 Å². The van der Waals surface area contributed by atoms with Gasteiger partial charge in [-0.25, -0.2) is 9.98 Å². The maximum absolute atomic E-state index is 13.2. The highest BCUT2D eigenvalue weighted by atomic mass is 32.2. The first-order valence-electron chi connectivity index (χ1n) is 13.2. The number of aliphatic hydroxyl groups is 1. The fourth-order valence-electron chi connectivity index (χ4n) is 5.47. The summed E-state index contributed by atoms with van der Waals surface area (Å²) in [4.78, 5) is 16.6. The topological polar surface area (TPSA) is 91.5 Å². The third kappa shape index (κ3) is 5.09. The van der Waals surface area contributed by atoms with Gasteiger partial charge in [0.2, 0.25) is 5.95 Å². The van der Waals surface area contributed by atoms with Crippen molar-refractivity contribution in [2.45, 2.75) is 49.9 Å². The summed E-state index contributed by atoms with van der Waals surface area (Å²) in [6.07, 6.45) is 2.13. The van der Waals surface area contributed by atoms with E-state index in [2.05, 4.69) is 28.2 Å². The van der Waals surface area contributed by atoms with E-state index < -0.39 is 18.0 Å². The number of fused-ring (bicyclic) bond motifs is 1. The number of amidine groups is 1. The van der Waals surface area contributed by atoms with Crippen molar-refractivity contribution in [2.75, 3.05) is 18.0 Å². The minimum Gasteiger partial charge on any atom is -0.369 e. The Morgan fingerprint density at radius 3 is 2.80 bits per heavy atom. The molecule has 3 aromatic rings. The molecule has 0 radical (unpaired) electrons. The summed E-state index contributed by atoms with van der Waals surface area (Å²) in [6, 6.07) is 13.3. The van der Waals surface area contributed by atoms with Crippen molar-refractivity contribution in [3.8, 4) is 6.07 Å². The minimum absolute atomic E-state index is 0.0777. The lowest BCUT2D eigenvalue weighted by atomic mass is 9.97. The lowest BCUT2D eigenvalue weighted by Gasteiger charge is -2.44. The summed E-state index contributed by atoms with van der Waals surface area (Å²) in [7, 11) is 0. The summed E-state index contributed by atoms with van der Waals surface area (Å²) in [6.45, 7) is 0.919. The van der Waals surface area contributed by atoms with Gasteiger partial charge in [0.25, 0.3) is 0 Å². The second kappa shape index (κ2) is 10.7. The normalized spacial score (nSPS) is 21.4. The molecule has 2 N–H and O–H groups in total. The third-order valence-electron chi connectivity index (χ3n) is 7.60. The zero-order chi connectivity index (χ0) is 27.9. The van der Waals surface area contributed by atoms with Crippen LogP contribution in [0.5, 0.6) is 0 Å². The molecule has 7 nitrogen and oxygen atoms in total. The molecule has 6 rings (SSSR count). The van der Waals surface area contributed by atoms with E-state index in [-0.39, 0.29) is 6.04 Å². The number of aromatic nitrogens is 2. The van der Waals surface area contributed by atoms with Crippen LogP contribution in [0.2, 0.25) is 0 Å². The van der Waals surface area contributed by atoms with Gasteiger partial charge >= 0.3 is 6.18 Å². The van der Waals surface area contributed by atoms with Crippen molar-refractivity contribution in [2.24, 2.45) is 4.99 Å². The van der Waals surface area contributed by atoms with Gasteiger partial charge < -0.3 is 19.9 Å². The van der Waals surface area contributed by atoms with Crippen LogP contribution in [0.25, 0.3) is 11.0 Å². The lowest BCUT2D eigenvalue weighted by Crippen LogP contribution is -2.52. The summed E-state index contributed by atoms with van der Waals surface area (Å²) >= 11 is 1.53. The standard InChI is InChI=1S/C29H27F3N6OS/c30-29(31,32)20-10-11-24-25(14-20)35-27(34-24)37-13-12-23-22(16-37)26(39)38(21-8-2-1-3-9-21)28(36-23)40-17-19-7-5-4-6-18(19)15-33/h1-2,4-7,10-11,14,21,26,39H,3,8-9,12-13,16-17H2,(H,34,35). The quantitative estimate of drug-likeness (QED) is 0.381. The van der Waals surface area contributed by atoms with Crippen LogP contribution in [0.4, 0.5) is 19.1 Å². The Bertz CT molecular complexity index is 1570. The zero-order valence-corrected chi connectivity index (χ0v) is 22.3. The van der Waals surface area contributed by atoms with Crippen LogP contribution in [0.1, 0.15) is 42.4 Å². The van der Waals surface area contributed by atoms with Crippen molar-refractivity contribution in [3.63, 3.8) is 0 Å². The van der Waals surface area contributed by atoms with Crippen molar-refractivity contribution >= 4 is 33.9 Å². The Labute approximate surface area is 233 Å². The number of hydrogen-bond acceptors (Lipinski definition) is 7. The Morgan fingerprint density at radius 1 is 1.18 bits per heavy atom. The van der Waals surface area contributed by atoms with Gasteiger partial charge in [0.05, 0.1) is 33.9 Å². The smallest absolute Gasteiger partial charge is 0.369 e. The number of allylic oxidation sites excluding steroid dienone is 1. The molecule has 2 atom stereocenters. The number of thioether (sulfide) groups is 1. The zero-order valence-electron chi connectivity index (χ0n) is 21.5. The van der Waals surface area contributed by atoms with Gasteiger partial charge in [0, 0.05) is 36.9 Å². The van der Waals surface area contributed by atoms with Crippen LogP contribution in [-0.4, -0.2) is 50.5 Å². The molecule has 206 valence electrons. The second-order valence-corrected chi connectivity index (χ2v) is 11.0. The molecule has 2 aliphatic heterocycles. The van der Waals surface area contributed by atoms with Crippen LogP contribution in [0, 0.1) is 11.3 Å². The molecule has 1 aromatic heterocycles. The first kappa shape index (κ1) is 26.5. The van der Waals surface area contributed by atoms with Crippen LogP contribution < -0.4 is 4.90 Å². The minimum atomic E-state index is -4.43. The van der Waals surface area contributed by atoms with E-state index in [9.17, 15) is 23.5 Å². The number of nitriles is 1. The Balaban J connectivity index is 1.28. The number of benzene rings is 2. The number of halogens is 3. The molecule has 3 aliphatic rings. The van der Waals surface area contributed by atoms with Gasteiger partial charge in [-0.05, 0) is 49.1 Å². The predicted molar refractivity (Wildman–Crippen MR) is 149 cm³/mol. The van der Waals surface area contributed by atoms with E-state index >= 15 is 0 Å². The molecule has 0 saturated carbocycles. The number of alkyl halides is 3. The molecule has 3 heterocycles. The Kier molecular flexibility index (Phi) is 7.06. The number of anilines is 1. The number of imidazole rings is 1. The van der Waals surface area contributed by atoms with Crippen LogP contribution in [0.3, 0.4) is 0 Å². The highest BCUT2D eigenvalue weighted by Crippen LogP contribution is 2.37. The van der Waals surface area contributed by atoms with Crippen LogP contribution in [0.15, 0.2) is 70.9 Å². The van der Waals surface area contributed by atoms with E-state index in [1.54, 1.807) is 6.07 Å². The Hall–Kier alpha value is -3.75. The third-order valence-corrected chi connectivity index (χ3v) is 8.62. The highest BCUT2D eigenvalue weighted by molar-refractivity contribution is 8.13. The fourth-order valence-corrected chi connectivity index (χ4v) is 6.58. The molecular formula is C29H27F3N6OS. The van der Waals surface area contributed by atoms with Gasteiger partial charge in [-0.3, -0.25) is 0 Å². The average Bonchev–Trinajstić information content (AvgIpc) is 3.40. The summed E-state index contributed by atoms with van der Waals surface area (Å²) in [5.41, 5.74) is 3.20. The molecule has 40 heavy (non-hydrogen) atoms. The van der Waals surface area contributed by atoms with Crippen LogP contribution in [-0.2, 0) is 11.9 Å². The number of aliphatic hydroxyl groups excluding tert-OH is 1.